The van der Waals surface area contributed by atoms with E-state index < -0.39 is 11.6 Å². The van der Waals surface area contributed by atoms with Crippen LogP contribution in [-0.4, -0.2) is 41.2 Å². The lowest BCUT2D eigenvalue weighted by Gasteiger charge is -2.06. The van der Waals surface area contributed by atoms with Gasteiger partial charge in [-0.1, -0.05) is 12.1 Å². The van der Waals surface area contributed by atoms with Crippen molar-refractivity contribution < 1.29 is 13.9 Å². The van der Waals surface area contributed by atoms with E-state index in [9.17, 15) is 8.78 Å². The summed E-state index contributed by atoms with van der Waals surface area (Å²) in [4.78, 5) is 8.62. The second kappa shape index (κ2) is 7.08. The van der Waals surface area contributed by atoms with E-state index in [1.807, 2.05) is 0 Å². The molecule has 10 heteroatoms. The van der Waals surface area contributed by atoms with Gasteiger partial charge >= 0.3 is 0 Å². The van der Waals surface area contributed by atoms with Crippen LogP contribution in [0.15, 0.2) is 43.0 Å². The van der Waals surface area contributed by atoms with Crippen LogP contribution in [0.3, 0.4) is 0 Å². The van der Waals surface area contributed by atoms with Gasteiger partial charge < -0.3 is 10.4 Å². The summed E-state index contributed by atoms with van der Waals surface area (Å²) in [5, 5.41) is 20.9. The fraction of sp³-hybridized carbons (Fsp3) is 0.176. The molecule has 3 aromatic heterocycles. The number of aliphatic hydroxyl groups excluding tert-OH is 1. The van der Waals surface area contributed by atoms with Crippen LogP contribution in [0.1, 0.15) is 5.56 Å². The summed E-state index contributed by atoms with van der Waals surface area (Å²) in [5.41, 5.74) is 1.32. The molecule has 0 aliphatic rings. The molecule has 0 bridgehead atoms. The number of aromatic nitrogens is 6. The third-order valence-corrected chi connectivity index (χ3v) is 3.95. The lowest BCUT2D eigenvalue weighted by Crippen LogP contribution is -2.06. The summed E-state index contributed by atoms with van der Waals surface area (Å²) in [5.74, 6) is -1.49. The molecule has 4 aromatic rings. The van der Waals surface area contributed by atoms with Crippen molar-refractivity contribution in [2.75, 3.05) is 11.9 Å². The average Bonchev–Trinajstić information content (AvgIpc) is 3.26. The van der Waals surface area contributed by atoms with Gasteiger partial charge in [-0.15, -0.1) is 0 Å². The van der Waals surface area contributed by atoms with Gasteiger partial charge in [-0.2, -0.15) is 15.2 Å². The van der Waals surface area contributed by atoms with Gasteiger partial charge in [0.05, 0.1) is 43.2 Å². The average molecular weight is 371 g/mol. The van der Waals surface area contributed by atoms with Crippen molar-refractivity contribution >= 4 is 22.7 Å². The SMILES string of the molecule is OCCn1cc(Nc2ncc3cnn(Cc4cccc(F)c4F)c3n2)cn1. The molecule has 8 nitrogen and oxygen atoms in total. The van der Waals surface area contributed by atoms with E-state index in [0.29, 0.717) is 29.2 Å². The van der Waals surface area contributed by atoms with Gasteiger partial charge in [-0.05, 0) is 6.07 Å². The van der Waals surface area contributed by atoms with Crippen molar-refractivity contribution in [1.82, 2.24) is 29.5 Å². The van der Waals surface area contributed by atoms with Crippen LogP contribution < -0.4 is 5.32 Å². The molecule has 0 amide bonds. The summed E-state index contributed by atoms with van der Waals surface area (Å²) in [6, 6.07) is 4.02. The van der Waals surface area contributed by atoms with E-state index in [-0.39, 0.29) is 18.7 Å². The van der Waals surface area contributed by atoms with Crippen LogP contribution in [0.25, 0.3) is 11.0 Å². The van der Waals surface area contributed by atoms with Crippen molar-refractivity contribution in [2.45, 2.75) is 13.1 Å². The maximum absolute atomic E-state index is 13.9. The van der Waals surface area contributed by atoms with E-state index in [0.717, 1.165) is 6.07 Å². The van der Waals surface area contributed by atoms with Crippen molar-refractivity contribution in [3.05, 3.63) is 60.2 Å². The lowest BCUT2D eigenvalue weighted by atomic mass is 10.2. The predicted octanol–water partition coefficient (Wildman–Crippen LogP) is 2.09. The lowest BCUT2D eigenvalue weighted by molar-refractivity contribution is 0.269. The standard InChI is InChI=1S/C17H15F2N7O/c18-14-3-1-2-11(15(14)19)9-26-16-12(7-22-26)6-20-17(24-16)23-13-8-21-25(10-13)4-5-27/h1-3,6-8,10,27H,4-5,9H2,(H,20,23,24). The molecular weight excluding hydrogens is 356 g/mol. The number of rotatable bonds is 6. The van der Waals surface area contributed by atoms with Gasteiger partial charge in [0, 0.05) is 18.0 Å². The fourth-order valence-corrected chi connectivity index (χ4v) is 2.66. The number of hydrogen-bond acceptors (Lipinski definition) is 6. The van der Waals surface area contributed by atoms with Crippen LogP contribution in [0.5, 0.6) is 0 Å². The molecule has 0 saturated carbocycles. The van der Waals surface area contributed by atoms with E-state index in [1.54, 1.807) is 29.5 Å². The molecule has 2 N–H and O–H groups in total. The zero-order chi connectivity index (χ0) is 18.8. The molecule has 27 heavy (non-hydrogen) atoms. The Balaban J connectivity index is 1.61. The quantitative estimate of drug-likeness (QED) is 0.539. The van der Waals surface area contributed by atoms with Crippen molar-refractivity contribution in [2.24, 2.45) is 0 Å². The van der Waals surface area contributed by atoms with Gasteiger partial charge in [-0.3, -0.25) is 4.68 Å². The minimum absolute atomic E-state index is 0.0145. The minimum Gasteiger partial charge on any atom is -0.394 e. The smallest absolute Gasteiger partial charge is 0.229 e. The van der Waals surface area contributed by atoms with E-state index >= 15 is 0 Å². The molecule has 4 rings (SSSR count). The first-order valence-electron chi connectivity index (χ1n) is 8.16. The fourth-order valence-electron chi connectivity index (χ4n) is 2.66. The molecular formula is C17H15F2N7O. The highest BCUT2D eigenvalue weighted by Crippen LogP contribution is 2.18. The highest BCUT2D eigenvalue weighted by Gasteiger charge is 2.12. The maximum atomic E-state index is 13.9. The van der Waals surface area contributed by atoms with E-state index in [4.69, 9.17) is 5.11 Å². The predicted molar refractivity (Wildman–Crippen MR) is 93.4 cm³/mol. The Hall–Kier alpha value is -3.40. The summed E-state index contributed by atoms with van der Waals surface area (Å²) >= 11 is 0. The first-order chi connectivity index (χ1) is 13.1. The van der Waals surface area contributed by atoms with Crippen LogP contribution in [0, 0.1) is 11.6 Å². The topological polar surface area (TPSA) is 93.7 Å². The van der Waals surface area contributed by atoms with Crippen molar-refractivity contribution in [1.29, 1.82) is 0 Å². The Labute approximate surface area is 152 Å². The number of halogens is 2. The van der Waals surface area contributed by atoms with E-state index in [2.05, 4.69) is 25.5 Å². The second-order valence-corrected chi connectivity index (χ2v) is 5.83. The summed E-state index contributed by atoms with van der Waals surface area (Å²) in [6.07, 6.45) is 6.45. The second-order valence-electron chi connectivity index (χ2n) is 5.83. The molecule has 0 spiro atoms. The summed E-state index contributed by atoms with van der Waals surface area (Å²) in [7, 11) is 0. The third kappa shape index (κ3) is 3.47. The molecule has 0 atom stereocenters. The molecule has 3 heterocycles. The van der Waals surface area contributed by atoms with Crippen LogP contribution in [0.4, 0.5) is 20.4 Å². The van der Waals surface area contributed by atoms with Gasteiger partial charge in [0.15, 0.2) is 17.3 Å². The normalized spacial score (nSPS) is 11.2. The first kappa shape index (κ1) is 17.0. The molecule has 0 radical (unpaired) electrons. The number of fused-ring (bicyclic) bond motifs is 1. The first-order valence-corrected chi connectivity index (χ1v) is 8.16. The number of benzene rings is 1. The summed E-state index contributed by atoms with van der Waals surface area (Å²) < 4.78 is 30.4. The monoisotopic (exact) mass is 371 g/mol. The van der Waals surface area contributed by atoms with Crippen molar-refractivity contribution in [3.8, 4) is 0 Å². The molecule has 0 aliphatic heterocycles. The number of anilines is 2. The molecule has 0 aliphatic carbocycles. The maximum Gasteiger partial charge on any atom is 0.229 e. The molecule has 0 unspecified atom stereocenters. The number of nitrogens with zero attached hydrogens (tertiary/aromatic N) is 6. The van der Waals surface area contributed by atoms with Crippen LogP contribution in [0.2, 0.25) is 0 Å². The van der Waals surface area contributed by atoms with Gasteiger partial charge in [0.2, 0.25) is 5.95 Å². The van der Waals surface area contributed by atoms with Crippen molar-refractivity contribution in [3.63, 3.8) is 0 Å². The number of nitrogens with one attached hydrogen (secondary N) is 1. The van der Waals surface area contributed by atoms with Crippen LogP contribution in [-0.2, 0) is 13.1 Å². The Bertz CT molecular complexity index is 1090. The minimum atomic E-state index is -0.902. The van der Waals surface area contributed by atoms with E-state index in [1.165, 1.54) is 16.8 Å². The van der Waals surface area contributed by atoms with Gasteiger partial charge in [-0.25, -0.2) is 18.4 Å². The zero-order valence-corrected chi connectivity index (χ0v) is 14.0. The highest BCUT2D eigenvalue weighted by atomic mass is 19.2. The molecule has 1 aromatic carbocycles. The Kier molecular flexibility index (Phi) is 4.47. The highest BCUT2D eigenvalue weighted by molar-refractivity contribution is 5.75. The van der Waals surface area contributed by atoms with Crippen LogP contribution >= 0.6 is 0 Å². The Morgan fingerprint density at radius 2 is 2.00 bits per heavy atom. The Morgan fingerprint density at radius 1 is 1.11 bits per heavy atom. The number of hydrogen-bond donors (Lipinski definition) is 2. The summed E-state index contributed by atoms with van der Waals surface area (Å²) in [6.45, 7) is 0.408. The van der Waals surface area contributed by atoms with Gasteiger partial charge in [0.1, 0.15) is 0 Å². The molecule has 138 valence electrons. The number of aliphatic hydroxyl groups is 1. The zero-order valence-electron chi connectivity index (χ0n) is 14.0. The third-order valence-electron chi connectivity index (χ3n) is 3.95. The molecule has 0 fully saturated rings. The Morgan fingerprint density at radius 3 is 2.85 bits per heavy atom. The largest absolute Gasteiger partial charge is 0.394 e. The molecule has 0 saturated heterocycles. The van der Waals surface area contributed by atoms with Gasteiger partial charge in [0.25, 0.3) is 0 Å².